The third-order valence-electron chi connectivity index (χ3n) is 4.64. The number of nitrogens with zero attached hydrogens (tertiary/aromatic N) is 5. The van der Waals surface area contributed by atoms with E-state index in [2.05, 4.69) is 15.3 Å². The van der Waals surface area contributed by atoms with E-state index < -0.39 is 0 Å². The molecule has 1 heterocycles. The van der Waals surface area contributed by atoms with Gasteiger partial charge in [-0.3, -0.25) is 15.2 Å². The van der Waals surface area contributed by atoms with Crippen molar-refractivity contribution in [2.45, 2.75) is 18.8 Å². The van der Waals surface area contributed by atoms with E-state index >= 15 is 0 Å². The molecule has 0 unspecified atom stereocenters. The van der Waals surface area contributed by atoms with Crippen LogP contribution in [0.25, 0.3) is 0 Å². The van der Waals surface area contributed by atoms with Gasteiger partial charge in [0.15, 0.2) is 5.82 Å². The van der Waals surface area contributed by atoms with Crippen LogP contribution in [-0.2, 0) is 0 Å². The zero-order valence-corrected chi connectivity index (χ0v) is 16.0. The van der Waals surface area contributed by atoms with Gasteiger partial charge in [0, 0.05) is 30.3 Å². The summed E-state index contributed by atoms with van der Waals surface area (Å²) in [5.41, 5.74) is 1.99. The molecule has 1 aliphatic carbocycles. The van der Waals surface area contributed by atoms with Crippen molar-refractivity contribution in [2.75, 3.05) is 11.9 Å². The summed E-state index contributed by atoms with van der Waals surface area (Å²) in [7, 11) is 1.80. The maximum Gasteiger partial charge on any atom is 0.293 e. The van der Waals surface area contributed by atoms with Crippen LogP contribution in [0, 0.1) is 14.9 Å². The average molecular weight is 394 g/mol. The van der Waals surface area contributed by atoms with Crippen LogP contribution in [0.3, 0.4) is 0 Å². The zero-order chi connectivity index (χ0) is 19.7. The lowest BCUT2D eigenvalue weighted by Crippen LogP contribution is -2.11. The number of nitro benzene ring substituents is 1. The third kappa shape index (κ3) is 3.56. The molecule has 9 heteroatoms. The van der Waals surface area contributed by atoms with Gasteiger partial charge < -0.3 is 4.90 Å². The van der Waals surface area contributed by atoms with E-state index in [1.165, 1.54) is 6.07 Å². The molecule has 1 saturated carbocycles. The quantitative estimate of drug-likeness (QED) is 0.290. The molecule has 142 valence electrons. The van der Waals surface area contributed by atoms with Crippen molar-refractivity contribution < 1.29 is 4.92 Å². The van der Waals surface area contributed by atoms with E-state index in [0.29, 0.717) is 21.9 Å². The van der Waals surface area contributed by atoms with Gasteiger partial charge in [0.05, 0.1) is 11.1 Å². The minimum Gasteiger partial charge on any atom is -0.339 e. The first-order valence-electron chi connectivity index (χ1n) is 8.83. The highest BCUT2D eigenvalue weighted by atomic mass is 32.1. The van der Waals surface area contributed by atoms with E-state index in [0.717, 1.165) is 24.4 Å². The molecule has 0 amide bonds. The van der Waals surface area contributed by atoms with Crippen LogP contribution in [0.15, 0.2) is 53.6 Å². The van der Waals surface area contributed by atoms with Crippen molar-refractivity contribution in [2.24, 2.45) is 5.10 Å². The molecule has 28 heavy (non-hydrogen) atoms. The lowest BCUT2D eigenvalue weighted by molar-refractivity contribution is -0.384. The number of hydrogen-bond acceptors (Lipinski definition) is 6. The number of H-pyrrole nitrogens is 1. The van der Waals surface area contributed by atoms with Crippen molar-refractivity contribution in [1.82, 2.24) is 14.9 Å². The molecule has 0 atom stereocenters. The average Bonchev–Trinajstić information content (AvgIpc) is 3.49. The van der Waals surface area contributed by atoms with Crippen LogP contribution in [0.4, 0.5) is 17.1 Å². The molecule has 0 spiro atoms. The van der Waals surface area contributed by atoms with E-state index in [9.17, 15) is 10.1 Å². The normalized spacial score (nSPS) is 13.8. The summed E-state index contributed by atoms with van der Waals surface area (Å²) in [4.78, 5) is 13.1. The molecular weight excluding hydrogens is 376 g/mol. The Bertz CT molecular complexity index is 1100. The number of hydrogen-bond donors (Lipinski definition) is 1. The summed E-state index contributed by atoms with van der Waals surface area (Å²) in [6.45, 7) is 0. The number of benzene rings is 2. The van der Waals surface area contributed by atoms with Gasteiger partial charge >= 0.3 is 0 Å². The van der Waals surface area contributed by atoms with Crippen LogP contribution in [0.1, 0.15) is 30.1 Å². The highest BCUT2D eigenvalue weighted by molar-refractivity contribution is 7.71. The lowest BCUT2D eigenvalue weighted by Gasteiger charge is -2.19. The van der Waals surface area contributed by atoms with Crippen molar-refractivity contribution in [3.8, 4) is 0 Å². The molecule has 0 bridgehead atoms. The molecule has 1 aromatic heterocycles. The smallest absolute Gasteiger partial charge is 0.293 e. The minimum absolute atomic E-state index is 0.00788. The summed E-state index contributed by atoms with van der Waals surface area (Å²) in [5, 5.41) is 23.0. The fourth-order valence-electron chi connectivity index (χ4n) is 2.99. The van der Waals surface area contributed by atoms with Gasteiger partial charge in [-0.25, -0.2) is 0 Å². The minimum atomic E-state index is -0.384. The Labute approximate surface area is 166 Å². The van der Waals surface area contributed by atoms with Gasteiger partial charge in [0.25, 0.3) is 5.69 Å². The summed E-state index contributed by atoms with van der Waals surface area (Å²) in [5.74, 6) is 1.18. The fraction of sp³-hybridized carbons (Fsp3) is 0.211. The number of aromatic nitrogens is 3. The Balaban J connectivity index is 1.67. The van der Waals surface area contributed by atoms with Gasteiger partial charge in [-0.05, 0) is 43.3 Å². The summed E-state index contributed by atoms with van der Waals surface area (Å²) >= 11 is 5.23. The van der Waals surface area contributed by atoms with Gasteiger partial charge in [-0.1, -0.05) is 24.3 Å². The van der Waals surface area contributed by atoms with Crippen molar-refractivity contribution in [3.63, 3.8) is 0 Å². The molecule has 0 aliphatic heterocycles. The molecule has 4 rings (SSSR count). The largest absolute Gasteiger partial charge is 0.339 e. The maximum atomic E-state index is 11.6. The first-order valence-corrected chi connectivity index (χ1v) is 9.24. The SMILES string of the molecule is CN(c1ccccc1)c1ccc(/C=N\n2c(C3CC3)n[nH]c2=S)cc1[N+](=O)[O-]. The van der Waals surface area contributed by atoms with Crippen molar-refractivity contribution in [3.05, 3.63) is 74.8 Å². The van der Waals surface area contributed by atoms with Crippen LogP contribution in [-0.4, -0.2) is 33.1 Å². The second kappa shape index (κ2) is 7.35. The Morgan fingerprint density at radius 2 is 2.07 bits per heavy atom. The Morgan fingerprint density at radius 3 is 2.75 bits per heavy atom. The Kier molecular flexibility index (Phi) is 4.74. The van der Waals surface area contributed by atoms with E-state index in [1.807, 2.05) is 30.3 Å². The lowest BCUT2D eigenvalue weighted by atomic mass is 10.1. The van der Waals surface area contributed by atoms with E-state index in [4.69, 9.17) is 12.2 Å². The molecule has 2 aromatic carbocycles. The number of nitro groups is 1. The van der Waals surface area contributed by atoms with Gasteiger partial charge in [0.1, 0.15) is 5.69 Å². The number of rotatable bonds is 6. The van der Waals surface area contributed by atoms with E-state index in [-0.39, 0.29) is 10.6 Å². The highest BCUT2D eigenvalue weighted by Gasteiger charge is 2.29. The number of anilines is 2. The topological polar surface area (TPSA) is 92.3 Å². The molecule has 0 saturated heterocycles. The molecular formula is C19H18N6O2S. The zero-order valence-electron chi connectivity index (χ0n) is 15.1. The third-order valence-corrected chi connectivity index (χ3v) is 4.91. The highest BCUT2D eigenvalue weighted by Crippen LogP contribution is 2.39. The fourth-order valence-corrected chi connectivity index (χ4v) is 3.17. The van der Waals surface area contributed by atoms with Crippen LogP contribution in [0.5, 0.6) is 0 Å². The Hall–Kier alpha value is -3.33. The van der Waals surface area contributed by atoms with E-state index in [1.54, 1.807) is 35.0 Å². The number of nitrogens with one attached hydrogen (secondary N) is 1. The molecule has 1 N–H and O–H groups in total. The second-order valence-corrected chi connectivity index (χ2v) is 7.00. The molecule has 1 fully saturated rings. The molecule has 0 radical (unpaired) electrons. The number of aromatic amines is 1. The van der Waals surface area contributed by atoms with Crippen molar-refractivity contribution in [1.29, 1.82) is 0 Å². The van der Waals surface area contributed by atoms with Crippen LogP contribution in [0.2, 0.25) is 0 Å². The van der Waals surface area contributed by atoms with Gasteiger partial charge in [0.2, 0.25) is 4.77 Å². The maximum absolute atomic E-state index is 11.6. The number of para-hydroxylation sites is 1. The van der Waals surface area contributed by atoms with Crippen LogP contribution < -0.4 is 4.90 Å². The van der Waals surface area contributed by atoms with Gasteiger partial charge in [-0.2, -0.15) is 14.9 Å². The summed E-state index contributed by atoms with van der Waals surface area (Å²) < 4.78 is 2.00. The molecule has 8 nitrogen and oxygen atoms in total. The summed E-state index contributed by atoms with van der Waals surface area (Å²) in [6, 6.07) is 14.5. The van der Waals surface area contributed by atoms with Crippen molar-refractivity contribution >= 4 is 35.5 Å². The summed E-state index contributed by atoms with van der Waals surface area (Å²) in [6.07, 6.45) is 3.71. The monoisotopic (exact) mass is 394 g/mol. The van der Waals surface area contributed by atoms with Crippen LogP contribution >= 0.6 is 12.2 Å². The Morgan fingerprint density at radius 1 is 1.32 bits per heavy atom. The first-order chi connectivity index (χ1) is 13.5. The standard InChI is InChI=1S/C19H18N6O2S/c1-23(15-5-3-2-4-6-15)16-10-7-13(11-17(16)25(26)27)12-20-24-18(14-8-9-14)21-22-19(24)28/h2-7,10-12,14H,8-9H2,1H3,(H,22,28)/b20-12-. The predicted octanol–water partition coefficient (Wildman–Crippen LogP) is 4.38. The molecule has 3 aromatic rings. The van der Waals surface area contributed by atoms with Gasteiger partial charge in [-0.15, -0.1) is 0 Å². The predicted molar refractivity (Wildman–Crippen MR) is 110 cm³/mol. The first kappa shape index (κ1) is 18.1. The molecule has 1 aliphatic rings. The second-order valence-electron chi connectivity index (χ2n) is 6.62.